The van der Waals surface area contributed by atoms with E-state index in [1.165, 1.54) is 4.90 Å². The van der Waals surface area contributed by atoms with Crippen LogP contribution in [0.5, 0.6) is 0 Å². The molecule has 0 saturated carbocycles. The number of rotatable bonds is 10. The van der Waals surface area contributed by atoms with Crippen molar-refractivity contribution < 1.29 is 24.0 Å². The summed E-state index contributed by atoms with van der Waals surface area (Å²) < 4.78 is 0. The highest BCUT2D eigenvalue weighted by Crippen LogP contribution is 2.26. The zero-order valence-electron chi connectivity index (χ0n) is 20.1. The monoisotopic (exact) mass is 453 g/mol. The predicted octanol–water partition coefficient (Wildman–Crippen LogP) is 0.687. The Morgan fingerprint density at radius 3 is 2.22 bits per heavy atom. The first-order chi connectivity index (χ1) is 14.8. The molecular formula is C22H39N5O5. The molecular weight excluding hydrogens is 414 g/mol. The second-order valence-electron chi connectivity index (χ2n) is 9.53. The lowest BCUT2D eigenvalue weighted by Crippen LogP contribution is -2.60. The van der Waals surface area contributed by atoms with Crippen LogP contribution in [0.15, 0.2) is 0 Å². The Morgan fingerprint density at radius 2 is 1.72 bits per heavy atom. The SMILES string of the molecule is CCNC(=O)NC(C(=O)N1CCCC1C(=O)NC(CC(C)CC)C(=O)C(N)=O)C(C)(C)C. The number of likely N-dealkylation sites (tertiary alicyclic amines) is 1. The molecule has 0 bridgehead atoms. The van der Waals surface area contributed by atoms with Gasteiger partial charge in [0.25, 0.3) is 5.91 Å². The number of nitrogens with two attached hydrogens (primary N) is 1. The molecule has 0 aromatic rings. The van der Waals surface area contributed by atoms with Crippen LogP contribution in [0.3, 0.4) is 0 Å². The van der Waals surface area contributed by atoms with E-state index in [-0.39, 0.29) is 18.2 Å². The summed E-state index contributed by atoms with van der Waals surface area (Å²) in [6, 6.07) is -3.12. The van der Waals surface area contributed by atoms with Crippen LogP contribution in [0, 0.1) is 11.3 Å². The highest BCUT2D eigenvalue weighted by atomic mass is 16.2. The van der Waals surface area contributed by atoms with Gasteiger partial charge in [-0.15, -0.1) is 0 Å². The van der Waals surface area contributed by atoms with Gasteiger partial charge >= 0.3 is 6.03 Å². The standard InChI is InChI=1S/C22H39N5O5/c1-7-13(3)12-14(16(28)18(23)29)25-19(30)15-10-9-11-27(15)20(31)17(22(4,5)6)26-21(32)24-8-2/h13-15,17H,7-12H2,1-6H3,(H2,23,29)(H,25,30)(H2,24,26,32). The number of nitrogens with zero attached hydrogens (tertiary/aromatic N) is 1. The van der Waals surface area contributed by atoms with Crippen LogP contribution in [0.4, 0.5) is 4.79 Å². The van der Waals surface area contributed by atoms with E-state index in [9.17, 15) is 24.0 Å². The summed E-state index contributed by atoms with van der Waals surface area (Å²) in [6.07, 6.45) is 2.09. The van der Waals surface area contributed by atoms with Gasteiger partial charge in [0, 0.05) is 13.1 Å². The molecule has 5 N–H and O–H groups in total. The first-order valence-electron chi connectivity index (χ1n) is 11.3. The van der Waals surface area contributed by atoms with Gasteiger partial charge in [-0.25, -0.2) is 4.79 Å². The van der Waals surface area contributed by atoms with Crippen molar-refractivity contribution in [2.45, 2.75) is 85.4 Å². The van der Waals surface area contributed by atoms with E-state index in [0.29, 0.717) is 25.9 Å². The van der Waals surface area contributed by atoms with Crippen LogP contribution in [0.1, 0.15) is 67.2 Å². The molecule has 0 spiro atoms. The van der Waals surface area contributed by atoms with E-state index >= 15 is 0 Å². The van der Waals surface area contributed by atoms with E-state index in [1.807, 2.05) is 34.6 Å². The molecule has 0 radical (unpaired) electrons. The number of amides is 5. The Balaban J connectivity index is 3.04. The number of carbonyl (C=O) groups excluding carboxylic acids is 5. The Hall–Kier alpha value is -2.65. The van der Waals surface area contributed by atoms with Crippen LogP contribution in [-0.2, 0) is 19.2 Å². The molecule has 0 aromatic heterocycles. The minimum Gasteiger partial charge on any atom is -0.363 e. The molecule has 5 amide bonds. The second kappa shape index (κ2) is 11.8. The molecule has 1 aliphatic rings. The third kappa shape index (κ3) is 7.49. The molecule has 0 aromatic carbocycles. The van der Waals surface area contributed by atoms with Crippen molar-refractivity contribution in [2.24, 2.45) is 17.1 Å². The summed E-state index contributed by atoms with van der Waals surface area (Å²) in [7, 11) is 0. The average Bonchev–Trinajstić information content (AvgIpc) is 3.19. The van der Waals surface area contributed by atoms with Crippen LogP contribution in [-0.4, -0.2) is 65.7 Å². The van der Waals surface area contributed by atoms with Crippen molar-refractivity contribution in [1.29, 1.82) is 0 Å². The summed E-state index contributed by atoms with van der Waals surface area (Å²) in [6.45, 7) is 11.9. The molecule has 1 heterocycles. The fourth-order valence-corrected chi connectivity index (χ4v) is 3.70. The molecule has 32 heavy (non-hydrogen) atoms. The van der Waals surface area contributed by atoms with E-state index in [0.717, 1.165) is 6.42 Å². The predicted molar refractivity (Wildman–Crippen MR) is 120 cm³/mol. The van der Waals surface area contributed by atoms with E-state index in [1.54, 1.807) is 6.92 Å². The van der Waals surface area contributed by atoms with Crippen molar-refractivity contribution in [3.05, 3.63) is 0 Å². The molecule has 0 aliphatic carbocycles. The molecule has 1 fully saturated rings. The van der Waals surface area contributed by atoms with Gasteiger partial charge in [0.2, 0.25) is 17.6 Å². The molecule has 1 aliphatic heterocycles. The highest BCUT2D eigenvalue weighted by molar-refractivity contribution is 6.37. The molecule has 182 valence electrons. The zero-order chi connectivity index (χ0) is 24.6. The maximum Gasteiger partial charge on any atom is 0.315 e. The van der Waals surface area contributed by atoms with Gasteiger partial charge in [-0.3, -0.25) is 19.2 Å². The number of ketones is 1. The van der Waals surface area contributed by atoms with Gasteiger partial charge in [-0.2, -0.15) is 0 Å². The largest absolute Gasteiger partial charge is 0.363 e. The number of Topliss-reactive ketones (excluding diaryl/α,β-unsaturated/α-hetero) is 1. The van der Waals surface area contributed by atoms with Crippen molar-refractivity contribution in [1.82, 2.24) is 20.9 Å². The number of urea groups is 1. The van der Waals surface area contributed by atoms with Gasteiger partial charge < -0.3 is 26.6 Å². The van der Waals surface area contributed by atoms with Gasteiger partial charge in [0.05, 0.1) is 6.04 Å². The minimum absolute atomic E-state index is 0.0939. The fourth-order valence-electron chi connectivity index (χ4n) is 3.70. The quantitative estimate of drug-likeness (QED) is 0.359. The molecule has 1 rings (SSSR count). The van der Waals surface area contributed by atoms with E-state index < -0.39 is 47.2 Å². The Morgan fingerprint density at radius 1 is 1.09 bits per heavy atom. The van der Waals surface area contributed by atoms with E-state index in [4.69, 9.17) is 5.73 Å². The van der Waals surface area contributed by atoms with Gasteiger partial charge in [0.1, 0.15) is 12.1 Å². The van der Waals surface area contributed by atoms with E-state index in [2.05, 4.69) is 16.0 Å². The van der Waals surface area contributed by atoms with Gasteiger partial charge in [-0.05, 0) is 37.5 Å². The van der Waals surface area contributed by atoms with Crippen LogP contribution in [0.25, 0.3) is 0 Å². The maximum absolute atomic E-state index is 13.4. The zero-order valence-corrected chi connectivity index (χ0v) is 20.1. The first-order valence-corrected chi connectivity index (χ1v) is 11.3. The summed E-state index contributed by atoms with van der Waals surface area (Å²) in [5, 5.41) is 7.98. The highest BCUT2D eigenvalue weighted by Gasteiger charge is 2.42. The molecule has 10 heteroatoms. The summed E-state index contributed by atoms with van der Waals surface area (Å²) >= 11 is 0. The lowest BCUT2D eigenvalue weighted by Gasteiger charge is -2.35. The summed E-state index contributed by atoms with van der Waals surface area (Å²) in [4.78, 5) is 63.7. The number of hydrogen-bond acceptors (Lipinski definition) is 5. The van der Waals surface area contributed by atoms with Crippen LogP contribution in [0.2, 0.25) is 0 Å². The number of primary amides is 1. The van der Waals surface area contributed by atoms with Crippen LogP contribution < -0.4 is 21.7 Å². The smallest absolute Gasteiger partial charge is 0.315 e. The number of nitrogens with one attached hydrogen (secondary N) is 3. The third-order valence-electron chi connectivity index (χ3n) is 5.78. The van der Waals surface area contributed by atoms with Gasteiger partial charge in [-0.1, -0.05) is 41.0 Å². The number of carbonyl (C=O) groups is 5. The van der Waals surface area contributed by atoms with Crippen molar-refractivity contribution in [2.75, 3.05) is 13.1 Å². The topological polar surface area (TPSA) is 151 Å². The average molecular weight is 454 g/mol. The summed E-state index contributed by atoms with van der Waals surface area (Å²) in [5.74, 6) is -2.71. The minimum atomic E-state index is -1.10. The molecule has 10 nitrogen and oxygen atoms in total. The lowest BCUT2D eigenvalue weighted by molar-refractivity contribution is -0.143. The molecule has 4 atom stereocenters. The summed E-state index contributed by atoms with van der Waals surface area (Å²) in [5.41, 5.74) is 4.58. The third-order valence-corrected chi connectivity index (χ3v) is 5.78. The maximum atomic E-state index is 13.4. The Kier molecular flexibility index (Phi) is 10.1. The lowest BCUT2D eigenvalue weighted by atomic mass is 9.85. The molecule has 1 saturated heterocycles. The Labute approximate surface area is 190 Å². The fraction of sp³-hybridized carbons (Fsp3) is 0.773. The van der Waals surface area contributed by atoms with Crippen LogP contribution >= 0.6 is 0 Å². The number of hydrogen-bond donors (Lipinski definition) is 4. The molecule has 4 unspecified atom stereocenters. The normalized spacial score (nSPS) is 18.9. The van der Waals surface area contributed by atoms with Crippen molar-refractivity contribution in [3.63, 3.8) is 0 Å². The van der Waals surface area contributed by atoms with Gasteiger partial charge in [0.15, 0.2) is 0 Å². The van der Waals surface area contributed by atoms with Crippen molar-refractivity contribution in [3.8, 4) is 0 Å². The van der Waals surface area contributed by atoms with Crippen molar-refractivity contribution >= 4 is 29.5 Å². The Bertz CT molecular complexity index is 718. The second-order valence-corrected chi connectivity index (χ2v) is 9.53. The first kappa shape index (κ1) is 27.4.